The Hall–Kier alpha value is -1.35. The molecule has 0 saturated carbocycles. The molecule has 2 aromatic heterocycles. The molecule has 0 radical (unpaired) electrons. The average molecular weight is 216 g/mol. The molecule has 3 rings (SSSR count). The Morgan fingerprint density at radius 3 is 3.06 bits per heavy atom. The van der Waals surface area contributed by atoms with Gasteiger partial charge in [-0.05, 0) is 18.6 Å². The van der Waals surface area contributed by atoms with Crippen LogP contribution in [-0.2, 0) is 6.42 Å². The monoisotopic (exact) mass is 216 g/mol. The molecule has 3 nitrogen and oxygen atoms in total. The van der Waals surface area contributed by atoms with Gasteiger partial charge in [-0.25, -0.2) is 4.98 Å². The van der Waals surface area contributed by atoms with Crippen LogP contribution in [0, 0.1) is 5.92 Å². The van der Waals surface area contributed by atoms with E-state index in [1.807, 2.05) is 12.3 Å². The van der Waals surface area contributed by atoms with Crippen molar-refractivity contribution < 1.29 is 0 Å². The highest BCUT2D eigenvalue weighted by Crippen LogP contribution is 2.36. The van der Waals surface area contributed by atoms with Gasteiger partial charge < -0.3 is 0 Å². The van der Waals surface area contributed by atoms with Crippen LogP contribution >= 0.6 is 0 Å². The first-order chi connectivity index (χ1) is 7.58. The van der Waals surface area contributed by atoms with Crippen LogP contribution in [-0.4, -0.2) is 30.6 Å². The molecule has 1 aliphatic heterocycles. The first-order valence-electron chi connectivity index (χ1n) is 5.87. The number of hydrogen-bond donors (Lipinski definition) is 1. The Bertz CT molecular complexity index is 539. The lowest BCUT2D eigenvalue weighted by Gasteiger charge is -2.35. The number of aromatic nitrogens is 2. The van der Waals surface area contributed by atoms with Crippen LogP contribution in [0.3, 0.4) is 0 Å². The van der Waals surface area contributed by atoms with Gasteiger partial charge in [0.25, 0.3) is 0 Å². The molecule has 3 heteroatoms. The van der Waals surface area contributed by atoms with Crippen molar-refractivity contribution in [3.05, 3.63) is 23.9 Å². The minimum absolute atomic E-state index is 0.738. The van der Waals surface area contributed by atoms with Gasteiger partial charge in [-0.2, -0.15) is 0 Å². The van der Waals surface area contributed by atoms with Crippen LogP contribution in [0.5, 0.6) is 0 Å². The van der Waals surface area contributed by atoms with Crippen molar-refractivity contribution in [2.24, 2.45) is 5.92 Å². The second kappa shape index (κ2) is 3.08. The Morgan fingerprint density at radius 1 is 1.44 bits per heavy atom. The molecule has 1 atom stereocenters. The highest BCUT2D eigenvalue weighted by Gasteiger charge is 2.34. The predicted octanol–water partition coefficient (Wildman–Crippen LogP) is 2.32. The summed E-state index contributed by atoms with van der Waals surface area (Å²) in [6, 6.07) is 4.20. The van der Waals surface area contributed by atoms with E-state index < -0.39 is 0 Å². The van der Waals surface area contributed by atoms with Gasteiger partial charge >= 0.3 is 0 Å². The standard InChI is InChI=1S/C13H18N3/c1-9-7-11-10-5-4-6-14-12(10)15-13(11)16(2,3)8-9/h4-6,9H,7-8H2,1-3H3,(H,14,15)/q+1. The van der Waals surface area contributed by atoms with Crippen molar-refractivity contribution in [2.45, 2.75) is 13.3 Å². The molecule has 0 fully saturated rings. The second-order valence-electron chi connectivity index (χ2n) is 5.53. The van der Waals surface area contributed by atoms with Crippen LogP contribution in [0.1, 0.15) is 12.5 Å². The SMILES string of the molecule is CC1Cc2c([nH]c3ncccc23)[N+](C)(C)C1. The summed E-state index contributed by atoms with van der Waals surface area (Å²) >= 11 is 0. The lowest BCUT2D eigenvalue weighted by atomic mass is 9.95. The average Bonchev–Trinajstić information content (AvgIpc) is 2.57. The maximum atomic E-state index is 4.41. The van der Waals surface area contributed by atoms with E-state index in [0.717, 1.165) is 16.0 Å². The molecule has 1 aliphatic rings. The van der Waals surface area contributed by atoms with Crippen molar-refractivity contribution in [1.82, 2.24) is 14.5 Å². The number of nitrogens with one attached hydrogen (secondary N) is 1. The summed E-state index contributed by atoms with van der Waals surface area (Å²) in [5, 5.41) is 1.30. The normalized spacial score (nSPS) is 23.3. The van der Waals surface area contributed by atoms with Gasteiger partial charge in [-0.1, -0.05) is 6.92 Å². The summed E-state index contributed by atoms with van der Waals surface area (Å²) in [5.41, 5.74) is 2.50. The van der Waals surface area contributed by atoms with Crippen LogP contribution in [0.2, 0.25) is 0 Å². The number of fused-ring (bicyclic) bond motifs is 3. The van der Waals surface area contributed by atoms with E-state index in [1.165, 1.54) is 29.7 Å². The minimum Gasteiger partial charge on any atom is -0.295 e. The molecule has 0 bridgehead atoms. The molecular formula is C13H18N3+. The fraction of sp³-hybridized carbons (Fsp3) is 0.462. The van der Waals surface area contributed by atoms with Gasteiger partial charge in [-0.15, -0.1) is 0 Å². The quantitative estimate of drug-likeness (QED) is 0.673. The molecule has 16 heavy (non-hydrogen) atoms. The predicted molar refractivity (Wildman–Crippen MR) is 67.5 cm³/mol. The molecule has 84 valence electrons. The summed E-state index contributed by atoms with van der Waals surface area (Å²) in [7, 11) is 4.54. The molecule has 0 spiro atoms. The fourth-order valence-corrected chi connectivity index (χ4v) is 3.07. The number of aromatic amines is 1. The Labute approximate surface area is 95.7 Å². The number of pyridine rings is 1. The third kappa shape index (κ3) is 1.28. The smallest absolute Gasteiger partial charge is 0.210 e. The third-order valence-corrected chi connectivity index (χ3v) is 3.58. The fourth-order valence-electron chi connectivity index (χ4n) is 3.07. The van der Waals surface area contributed by atoms with Crippen molar-refractivity contribution >= 4 is 16.9 Å². The Balaban J connectivity index is 2.31. The summed E-state index contributed by atoms with van der Waals surface area (Å²) in [4.78, 5) is 7.90. The van der Waals surface area contributed by atoms with Gasteiger partial charge in [0.2, 0.25) is 5.82 Å². The maximum absolute atomic E-state index is 4.41. The van der Waals surface area contributed by atoms with Crippen molar-refractivity contribution in [3.8, 4) is 0 Å². The molecule has 0 aliphatic carbocycles. The zero-order valence-electron chi connectivity index (χ0n) is 10.1. The highest BCUT2D eigenvalue weighted by molar-refractivity contribution is 5.86. The number of quaternary nitrogens is 1. The molecule has 1 unspecified atom stereocenters. The summed E-state index contributed by atoms with van der Waals surface area (Å²) in [6.45, 7) is 3.53. The number of H-pyrrole nitrogens is 1. The maximum Gasteiger partial charge on any atom is 0.210 e. The van der Waals surface area contributed by atoms with Crippen molar-refractivity contribution in [1.29, 1.82) is 0 Å². The van der Waals surface area contributed by atoms with Crippen LogP contribution < -0.4 is 4.48 Å². The van der Waals surface area contributed by atoms with Crippen molar-refractivity contribution in [2.75, 3.05) is 20.6 Å². The van der Waals surface area contributed by atoms with Gasteiger partial charge in [0, 0.05) is 23.1 Å². The van der Waals surface area contributed by atoms with E-state index in [0.29, 0.717) is 0 Å². The second-order valence-corrected chi connectivity index (χ2v) is 5.53. The van der Waals surface area contributed by atoms with Crippen LogP contribution in [0.15, 0.2) is 18.3 Å². The van der Waals surface area contributed by atoms with Gasteiger partial charge in [0.1, 0.15) is 5.65 Å². The lowest BCUT2D eigenvalue weighted by Crippen LogP contribution is -2.47. The van der Waals surface area contributed by atoms with E-state index >= 15 is 0 Å². The summed E-state index contributed by atoms with van der Waals surface area (Å²) in [5.74, 6) is 2.08. The molecule has 2 aromatic rings. The zero-order valence-corrected chi connectivity index (χ0v) is 10.1. The van der Waals surface area contributed by atoms with Crippen LogP contribution in [0.25, 0.3) is 11.0 Å². The third-order valence-electron chi connectivity index (χ3n) is 3.58. The van der Waals surface area contributed by atoms with Gasteiger partial charge in [0.15, 0.2) is 0 Å². The Kier molecular flexibility index (Phi) is 1.89. The van der Waals surface area contributed by atoms with Gasteiger partial charge in [0.05, 0.1) is 20.6 Å². The first kappa shape index (κ1) is 9.85. The lowest BCUT2D eigenvalue weighted by molar-refractivity contribution is 0.305. The van der Waals surface area contributed by atoms with Crippen molar-refractivity contribution in [3.63, 3.8) is 0 Å². The summed E-state index contributed by atoms with van der Waals surface area (Å²) < 4.78 is 0.937. The molecule has 0 saturated heterocycles. The van der Waals surface area contributed by atoms with Gasteiger partial charge in [-0.3, -0.25) is 9.47 Å². The van der Waals surface area contributed by atoms with E-state index in [1.54, 1.807) is 0 Å². The molecule has 3 heterocycles. The topological polar surface area (TPSA) is 28.7 Å². The zero-order chi connectivity index (χ0) is 11.3. The van der Waals surface area contributed by atoms with E-state index in [2.05, 4.69) is 37.1 Å². The molecule has 0 amide bonds. The van der Waals surface area contributed by atoms with E-state index in [-0.39, 0.29) is 0 Å². The largest absolute Gasteiger partial charge is 0.295 e. The number of hydrogen-bond acceptors (Lipinski definition) is 1. The number of nitrogens with zero attached hydrogens (tertiary/aromatic N) is 2. The highest BCUT2D eigenvalue weighted by atomic mass is 15.4. The Morgan fingerprint density at radius 2 is 2.25 bits per heavy atom. The molecule has 0 aromatic carbocycles. The minimum atomic E-state index is 0.738. The number of rotatable bonds is 0. The van der Waals surface area contributed by atoms with E-state index in [9.17, 15) is 0 Å². The van der Waals surface area contributed by atoms with Crippen LogP contribution in [0.4, 0.5) is 5.82 Å². The molecular weight excluding hydrogens is 198 g/mol. The van der Waals surface area contributed by atoms with E-state index in [4.69, 9.17) is 0 Å². The summed E-state index contributed by atoms with van der Waals surface area (Å²) in [6.07, 6.45) is 3.02. The first-order valence-corrected chi connectivity index (χ1v) is 5.87. The molecule has 1 N–H and O–H groups in total.